The van der Waals surface area contributed by atoms with E-state index in [2.05, 4.69) is 0 Å². The van der Waals surface area contributed by atoms with E-state index in [1.807, 2.05) is 74.5 Å². The molecule has 178 valence electrons. The van der Waals surface area contributed by atoms with Gasteiger partial charge in [0.2, 0.25) is 11.5 Å². The van der Waals surface area contributed by atoms with E-state index in [1.54, 1.807) is 33.5 Å². The molecule has 0 N–H and O–H groups in total. The van der Waals surface area contributed by atoms with Gasteiger partial charge in [-0.2, -0.15) is 0 Å². The van der Waals surface area contributed by atoms with Gasteiger partial charge < -0.3 is 18.9 Å². The fraction of sp³-hybridized carbons (Fsp3) is 0.286. The smallest absolute Gasteiger partial charge is 0.259 e. The molecule has 0 aliphatic carbocycles. The molecule has 0 aliphatic heterocycles. The summed E-state index contributed by atoms with van der Waals surface area (Å²) in [4.78, 5) is 18.1. The number of carbonyl (C=O) groups is 1. The molecule has 0 unspecified atom stereocenters. The Balaban J connectivity index is 1.94. The summed E-state index contributed by atoms with van der Waals surface area (Å²) in [5.74, 6) is 1.48. The second-order valence-electron chi connectivity index (χ2n) is 8.37. The second-order valence-corrected chi connectivity index (χ2v) is 8.37. The van der Waals surface area contributed by atoms with Gasteiger partial charge in [-0.15, -0.1) is 0 Å². The van der Waals surface area contributed by atoms with E-state index in [4.69, 9.17) is 23.9 Å². The van der Waals surface area contributed by atoms with Crippen LogP contribution in [0, 0.1) is 0 Å². The van der Waals surface area contributed by atoms with Crippen LogP contribution < -0.4 is 14.2 Å². The van der Waals surface area contributed by atoms with Crippen molar-refractivity contribution in [2.45, 2.75) is 32.4 Å². The summed E-state index contributed by atoms with van der Waals surface area (Å²) in [6.45, 7) is 4.15. The first kappa shape index (κ1) is 24.8. The Hall–Kier alpha value is -3.80. The maximum atomic E-state index is 13.3. The first-order valence-electron chi connectivity index (χ1n) is 11.0. The molecule has 0 aliphatic rings. The quantitative estimate of drug-likeness (QED) is 0.226. The third kappa shape index (κ3) is 6.16. The van der Waals surface area contributed by atoms with E-state index in [9.17, 15) is 4.79 Å². The van der Waals surface area contributed by atoms with Gasteiger partial charge >= 0.3 is 0 Å². The van der Waals surface area contributed by atoms with Gasteiger partial charge in [0.05, 0.1) is 26.9 Å². The summed E-state index contributed by atoms with van der Waals surface area (Å²) >= 11 is 0. The van der Waals surface area contributed by atoms with Crippen LogP contribution in [0.1, 0.15) is 35.3 Å². The SMILES string of the molecule is COc1ccc(CC(C)(C)N=C(OCc2ccccc2)C(=O)c2ccccc2)c(OC)c1OC. The zero-order valence-electron chi connectivity index (χ0n) is 20.3. The summed E-state index contributed by atoms with van der Waals surface area (Å²) in [5, 5.41) is 0. The van der Waals surface area contributed by atoms with E-state index in [-0.39, 0.29) is 18.3 Å². The van der Waals surface area contributed by atoms with Crippen molar-refractivity contribution in [3.63, 3.8) is 0 Å². The third-order valence-corrected chi connectivity index (χ3v) is 5.26. The van der Waals surface area contributed by atoms with E-state index in [0.29, 0.717) is 29.2 Å². The van der Waals surface area contributed by atoms with Crippen LogP contribution in [-0.4, -0.2) is 38.5 Å². The van der Waals surface area contributed by atoms with Crippen molar-refractivity contribution in [3.8, 4) is 17.2 Å². The molecule has 0 amide bonds. The van der Waals surface area contributed by atoms with Gasteiger partial charge in [0.15, 0.2) is 11.5 Å². The Morgan fingerprint density at radius 2 is 1.41 bits per heavy atom. The largest absolute Gasteiger partial charge is 0.493 e. The molecule has 3 aromatic rings. The Bertz CT molecular complexity index is 1120. The van der Waals surface area contributed by atoms with Gasteiger partial charge in [0, 0.05) is 17.5 Å². The van der Waals surface area contributed by atoms with Gasteiger partial charge in [0.25, 0.3) is 5.90 Å². The third-order valence-electron chi connectivity index (χ3n) is 5.26. The van der Waals surface area contributed by atoms with Crippen molar-refractivity contribution in [1.29, 1.82) is 0 Å². The van der Waals surface area contributed by atoms with Crippen LogP contribution in [0.3, 0.4) is 0 Å². The molecule has 3 aromatic carbocycles. The molecule has 34 heavy (non-hydrogen) atoms. The number of benzene rings is 3. The van der Waals surface area contributed by atoms with Gasteiger partial charge in [-0.3, -0.25) is 4.79 Å². The maximum Gasteiger partial charge on any atom is 0.259 e. The van der Waals surface area contributed by atoms with Gasteiger partial charge in [-0.05, 0) is 25.5 Å². The number of methoxy groups -OCH3 is 3. The van der Waals surface area contributed by atoms with E-state index < -0.39 is 5.54 Å². The number of carbonyl (C=O) groups excluding carboxylic acids is 1. The van der Waals surface area contributed by atoms with Gasteiger partial charge in [-0.1, -0.05) is 66.7 Å². The maximum absolute atomic E-state index is 13.3. The standard InChI is InChI=1S/C28H31NO5/c1-28(2,18-22-16-17-23(31-3)26(33-5)25(22)32-4)29-27(24(30)21-14-10-7-11-15-21)34-19-20-12-8-6-9-13-20/h6-17H,18-19H2,1-5H3. The van der Waals surface area contributed by atoms with Crippen molar-refractivity contribution in [2.75, 3.05) is 21.3 Å². The van der Waals surface area contributed by atoms with Crippen LogP contribution in [0.15, 0.2) is 77.8 Å². The topological polar surface area (TPSA) is 66.4 Å². The second kappa shape index (κ2) is 11.4. The highest BCUT2D eigenvalue weighted by Gasteiger charge is 2.27. The highest BCUT2D eigenvalue weighted by molar-refractivity contribution is 6.43. The molecule has 0 saturated carbocycles. The molecule has 3 rings (SSSR count). The lowest BCUT2D eigenvalue weighted by atomic mass is 9.94. The molecule has 6 nitrogen and oxygen atoms in total. The van der Waals surface area contributed by atoms with Crippen LogP contribution in [0.4, 0.5) is 0 Å². The number of nitrogens with zero attached hydrogens (tertiary/aromatic N) is 1. The lowest BCUT2D eigenvalue weighted by Crippen LogP contribution is -2.28. The number of ether oxygens (including phenoxy) is 4. The molecule has 0 aromatic heterocycles. The average Bonchev–Trinajstić information content (AvgIpc) is 2.86. The normalized spacial score (nSPS) is 11.6. The Morgan fingerprint density at radius 3 is 2.00 bits per heavy atom. The fourth-order valence-corrected chi connectivity index (χ4v) is 3.67. The van der Waals surface area contributed by atoms with E-state index >= 15 is 0 Å². The van der Waals surface area contributed by atoms with Crippen LogP contribution >= 0.6 is 0 Å². The lowest BCUT2D eigenvalue weighted by Gasteiger charge is -2.24. The zero-order chi connectivity index (χ0) is 24.6. The number of rotatable bonds is 10. The van der Waals surface area contributed by atoms with E-state index in [0.717, 1.165) is 11.1 Å². The molecule has 0 heterocycles. The highest BCUT2D eigenvalue weighted by Crippen LogP contribution is 2.41. The molecule has 6 heteroatoms. The predicted molar refractivity (Wildman–Crippen MR) is 133 cm³/mol. The summed E-state index contributed by atoms with van der Waals surface area (Å²) in [6, 6.07) is 22.5. The van der Waals surface area contributed by atoms with Gasteiger partial charge in [-0.25, -0.2) is 4.99 Å². The number of hydrogen-bond donors (Lipinski definition) is 0. The molecular weight excluding hydrogens is 430 g/mol. The highest BCUT2D eigenvalue weighted by atomic mass is 16.5. The van der Waals surface area contributed by atoms with Crippen LogP contribution in [-0.2, 0) is 17.8 Å². The molecular formula is C28H31NO5. The van der Waals surface area contributed by atoms with Crippen molar-refractivity contribution < 1.29 is 23.7 Å². The fourth-order valence-electron chi connectivity index (χ4n) is 3.67. The van der Waals surface area contributed by atoms with Crippen molar-refractivity contribution in [3.05, 3.63) is 89.5 Å². The first-order valence-corrected chi connectivity index (χ1v) is 11.0. The summed E-state index contributed by atoms with van der Waals surface area (Å²) in [7, 11) is 4.74. The molecule has 0 atom stereocenters. The Labute approximate surface area is 201 Å². The molecule has 0 saturated heterocycles. The van der Waals surface area contributed by atoms with Crippen LogP contribution in [0.5, 0.6) is 17.2 Å². The van der Waals surface area contributed by atoms with Crippen molar-refractivity contribution in [2.24, 2.45) is 4.99 Å². The monoisotopic (exact) mass is 461 g/mol. The number of aliphatic imine (C=N–C) groups is 1. The Morgan fingerprint density at radius 1 is 0.794 bits per heavy atom. The Kier molecular flexibility index (Phi) is 8.30. The number of hydrogen-bond acceptors (Lipinski definition) is 6. The minimum atomic E-state index is -0.677. The van der Waals surface area contributed by atoms with Crippen LogP contribution in [0.2, 0.25) is 0 Å². The predicted octanol–water partition coefficient (Wildman–Crippen LogP) is 5.53. The summed E-state index contributed by atoms with van der Waals surface area (Å²) in [5.41, 5.74) is 1.68. The zero-order valence-corrected chi connectivity index (χ0v) is 20.3. The van der Waals surface area contributed by atoms with Crippen molar-refractivity contribution >= 4 is 11.7 Å². The van der Waals surface area contributed by atoms with Gasteiger partial charge in [0.1, 0.15) is 6.61 Å². The molecule has 0 radical (unpaired) electrons. The molecule has 0 bridgehead atoms. The minimum absolute atomic E-state index is 0.0690. The number of Topliss-reactive ketones (excluding diaryl/α,β-unsaturated/α-hetero) is 1. The summed E-state index contributed by atoms with van der Waals surface area (Å²) in [6.07, 6.45) is 0.483. The van der Waals surface area contributed by atoms with Crippen molar-refractivity contribution in [1.82, 2.24) is 0 Å². The number of ketones is 1. The summed E-state index contributed by atoms with van der Waals surface area (Å²) < 4.78 is 22.5. The first-order chi connectivity index (χ1) is 16.4. The molecule has 0 fully saturated rings. The lowest BCUT2D eigenvalue weighted by molar-refractivity contribution is 0.102. The average molecular weight is 462 g/mol. The minimum Gasteiger partial charge on any atom is -0.493 e. The molecule has 0 spiro atoms. The van der Waals surface area contributed by atoms with Crippen LogP contribution in [0.25, 0.3) is 0 Å². The van der Waals surface area contributed by atoms with E-state index in [1.165, 1.54) is 0 Å².